The average molecular weight is 191 g/mol. The number of para-hydroxylation sites is 1. The Hall–Kier alpha value is -1.84. The van der Waals surface area contributed by atoms with Crippen molar-refractivity contribution in [3.8, 4) is 5.75 Å². The van der Waals surface area contributed by atoms with E-state index in [9.17, 15) is 4.79 Å². The quantitative estimate of drug-likeness (QED) is 0.625. The number of hydrogen-bond acceptors (Lipinski definition) is 4. The van der Waals surface area contributed by atoms with Crippen molar-refractivity contribution in [1.29, 1.82) is 0 Å². The number of carbonyl (C=O) groups excluding carboxylic acids is 1. The first-order chi connectivity index (χ1) is 6.81. The van der Waals surface area contributed by atoms with Crippen LogP contribution < -0.4 is 4.84 Å². The molecular weight excluding hydrogens is 182 g/mol. The number of esters is 1. The number of methoxy groups -OCH3 is 1. The zero-order valence-corrected chi connectivity index (χ0v) is 7.69. The highest BCUT2D eigenvalue weighted by molar-refractivity contribution is 6.37. The zero-order valence-electron chi connectivity index (χ0n) is 7.69. The molecule has 0 unspecified atom stereocenters. The number of oxime groups is 1. The topological polar surface area (TPSA) is 47.9 Å². The highest BCUT2D eigenvalue weighted by Crippen LogP contribution is 2.22. The number of rotatable bonds is 1. The first kappa shape index (κ1) is 8.74. The Morgan fingerprint density at radius 1 is 1.50 bits per heavy atom. The van der Waals surface area contributed by atoms with Crippen LogP contribution in [0.5, 0.6) is 5.75 Å². The third-order valence-electron chi connectivity index (χ3n) is 2.01. The maximum absolute atomic E-state index is 11.1. The fourth-order valence-corrected chi connectivity index (χ4v) is 1.28. The molecule has 1 aliphatic heterocycles. The minimum Gasteiger partial charge on any atom is -0.464 e. The molecule has 0 N–H and O–H groups in total. The fraction of sp³-hybridized carbons (Fsp3) is 0.200. The van der Waals surface area contributed by atoms with Crippen molar-refractivity contribution in [2.24, 2.45) is 5.16 Å². The highest BCUT2D eigenvalue weighted by atomic mass is 16.6. The molecule has 1 aliphatic rings. The third kappa shape index (κ3) is 1.46. The van der Waals surface area contributed by atoms with Gasteiger partial charge >= 0.3 is 5.97 Å². The molecule has 0 atom stereocenters. The van der Waals surface area contributed by atoms with Crippen molar-refractivity contribution in [2.75, 3.05) is 7.11 Å². The van der Waals surface area contributed by atoms with E-state index in [1.807, 2.05) is 24.3 Å². The minimum absolute atomic E-state index is 0.297. The van der Waals surface area contributed by atoms with Crippen molar-refractivity contribution in [1.82, 2.24) is 0 Å². The highest BCUT2D eigenvalue weighted by Gasteiger charge is 2.20. The standard InChI is InChI=1S/C10H9NO3/c1-13-10(12)8-6-7-4-2-3-5-9(7)14-11-8/h2-5H,6H2,1H3. The smallest absolute Gasteiger partial charge is 0.356 e. The second-order valence-electron chi connectivity index (χ2n) is 2.91. The van der Waals surface area contributed by atoms with Gasteiger partial charge in [0.05, 0.1) is 7.11 Å². The van der Waals surface area contributed by atoms with Crippen LogP contribution in [0.4, 0.5) is 0 Å². The summed E-state index contributed by atoms with van der Waals surface area (Å²) in [6.45, 7) is 0. The monoisotopic (exact) mass is 191 g/mol. The normalized spacial score (nSPS) is 13.6. The summed E-state index contributed by atoms with van der Waals surface area (Å²) < 4.78 is 4.55. The largest absolute Gasteiger partial charge is 0.464 e. The van der Waals surface area contributed by atoms with E-state index in [2.05, 4.69) is 9.89 Å². The predicted molar refractivity (Wildman–Crippen MR) is 50.2 cm³/mol. The van der Waals surface area contributed by atoms with Gasteiger partial charge in [0, 0.05) is 12.0 Å². The lowest BCUT2D eigenvalue weighted by atomic mass is 10.1. The van der Waals surface area contributed by atoms with Gasteiger partial charge in [0.25, 0.3) is 0 Å². The summed E-state index contributed by atoms with van der Waals surface area (Å²) in [7, 11) is 1.32. The van der Waals surface area contributed by atoms with E-state index in [4.69, 9.17) is 4.84 Å². The molecule has 0 saturated heterocycles. The van der Waals surface area contributed by atoms with Crippen LogP contribution in [0.2, 0.25) is 0 Å². The van der Waals surface area contributed by atoms with E-state index in [1.54, 1.807) is 0 Å². The van der Waals surface area contributed by atoms with E-state index in [0.717, 1.165) is 5.56 Å². The van der Waals surface area contributed by atoms with E-state index in [0.29, 0.717) is 17.9 Å². The summed E-state index contributed by atoms with van der Waals surface area (Å²) in [5.41, 5.74) is 1.24. The second kappa shape index (κ2) is 3.49. The maximum Gasteiger partial charge on any atom is 0.356 e. The van der Waals surface area contributed by atoms with Gasteiger partial charge in [-0.2, -0.15) is 0 Å². The number of carbonyl (C=O) groups is 1. The van der Waals surface area contributed by atoms with Gasteiger partial charge in [-0.3, -0.25) is 0 Å². The molecule has 1 aromatic rings. The molecule has 0 fully saturated rings. The summed E-state index contributed by atoms with van der Waals surface area (Å²) in [6.07, 6.45) is 0.461. The molecule has 0 saturated carbocycles. The van der Waals surface area contributed by atoms with Crippen LogP contribution in [0.3, 0.4) is 0 Å². The molecule has 4 nitrogen and oxygen atoms in total. The van der Waals surface area contributed by atoms with Gasteiger partial charge in [0.2, 0.25) is 0 Å². The molecule has 72 valence electrons. The van der Waals surface area contributed by atoms with E-state index >= 15 is 0 Å². The van der Waals surface area contributed by atoms with Crippen molar-refractivity contribution >= 4 is 11.7 Å². The van der Waals surface area contributed by atoms with Gasteiger partial charge in [-0.1, -0.05) is 23.4 Å². The molecule has 2 rings (SSSR count). The van der Waals surface area contributed by atoms with Crippen LogP contribution >= 0.6 is 0 Å². The van der Waals surface area contributed by atoms with Crippen LogP contribution in [-0.4, -0.2) is 18.8 Å². The van der Waals surface area contributed by atoms with Crippen LogP contribution in [0.1, 0.15) is 5.56 Å². The molecule has 0 spiro atoms. The lowest BCUT2D eigenvalue weighted by Crippen LogP contribution is -2.22. The lowest BCUT2D eigenvalue weighted by molar-refractivity contribution is -0.133. The zero-order chi connectivity index (χ0) is 9.97. The number of benzene rings is 1. The van der Waals surface area contributed by atoms with Gasteiger partial charge < -0.3 is 9.57 Å². The van der Waals surface area contributed by atoms with Crippen molar-refractivity contribution < 1.29 is 14.4 Å². The second-order valence-corrected chi connectivity index (χ2v) is 2.91. The molecule has 0 bridgehead atoms. The molecule has 0 radical (unpaired) electrons. The summed E-state index contributed by atoms with van der Waals surface area (Å²) in [4.78, 5) is 16.2. The van der Waals surface area contributed by atoms with Crippen LogP contribution in [0.25, 0.3) is 0 Å². The number of ether oxygens (including phenoxy) is 1. The van der Waals surface area contributed by atoms with Crippen molar-refractivity contribution in [2.45, 2.75) is 6.42 Å². The Morgan fingerprint density at radius 3 is 3.07 bits per heavy atom. The molecule has 0 aliphatic carbocycles. The summed E-state index contributed by atoms with van der Waals surface area (Å²) in [6, 6.07) is 7.46. The van der Waals surface area contributed by atoms with Gasteiger partial charge in [0.1, 0.15) is 0 Å². The first-order valence-corrected chi connectivity index (χ1v) is 4.21. The van der Waals surface area contributed by atoms with Crippen molar-refractivity contribution in [3.05, 3.63) is 29.8 Å². The summed E-state index contributed by atoms with van der Waals surface area (Å²) in [5, 5.41) is 3.68. The predicted octanol–water partition coefficient (Wildman–Crippen LogP) is 1.15. The van der Waals surface area contributed by atoms with E-state index < -0.39 is 5.97 Å². The molecule has 1 aromatic carbocycles. The minimum atomic E-state index is -0.445. The molecule has 14 heavy (non-hydrogen) atoms. The average Bonchev–Trinajstić information content (AvgIpc) is 2.27. The van der Waals surface area contributed by atoms with Crippen LogP contribution in [-0.2, 0) is 16.0 Å². The van der Waals surface area contributed by atoms with Gasteiger partial charge in [-0.15, -0.1) is 0 Å². The number of nitrogens with zero attached hydrogens (tertiary/aromatic N) is 1. The Bertz CT molecular complexity index is 398. The third-order valence-corrected chi connectivity index (χ3v) is 2.01. The number of fused-ring (bicyclic) bond motifs is 1. The van der Waals surface area contributed by atoms with Crippen LogP contribution in [0, 0.1) is 0 Å². The molecule has 0 aromatic heterocycles. The Morgan fingerprint density at radius 2 is 2.29 bits per heavy atom. The first-order valence-electron chi connectivity index (χ1n) is 4.21. The Kier molecular flexibility index (Phi) is 2.18. The summed E-state index contributed by atoms with van der Waals surface area (Å²) in [5.74, 6) is 0.250. The van der Waals surface area contributed by atoms with Gasteiger partial charge in [-0.05, 0) is 6.07 Å². The summed E-state index contributed by atoms with van der Waals surface area (Å²) >= 11 is 0. The number of hydrogen-bond donors (Lipinski definition) is 0. The maximum atomic E-state index is 11.1. The van der Waals surface area contributed by atoms with Gasteiger partial charge in [-0.25, -0.2) is 4.79 Å². The molecular formula is C10H9NO3. The Balaban J connectivity index is 2.25. The molecule has 0 amide bonds. The fourth-order valence-electron chi connectivity index (χ4n) is 1.28. The van der Waals surface area contributed by atoms with Gasteiger partial charge in [0.15, 0.2) is 11.5 Å². The Labute approximate surface area is 81.1 Å². The lowest BCUT2D eigenvalue weighted by Gasteiger charge is -2.13. The van der Waals surface area contributed by atoms with E-state index in [-0.39, 0.29) is 0 Å². The molecule has 4 heteroatoms. The van der Waals surface area contributed by atoms with Crippen LogP contribution in [0.15, 0.2) is 29.4 Å². The van der Waals surface area contributed by atoms with Crippen molar-refractivity contribution in [3.63, 3.8) is 0 Å². The molecule has 1 heterocycles. The SMILES string of the molecule is COC(=O)C1=NOc2ccccc2C1. The van der Waals surface area contributed by atoms with E-state index in [1.165, 1.54) is 7.11 Å².